The standard InChI is InChI=1S/C14H24N2O.ClH/c17-14(6-5-12-2-1-7-15-12)16-13-9-10-3-4-11(13)8-10;/h10-13,15H,1-9H2,(H,16,17);1H. The van der Waals surface area contributed by atoms with Crippen LogP contribution in [0.15, 0.2) is 0 Å². The van der Waals surface area contributed by atoms with E-state index in [1.807, 2.05) is 0 Å². The Morgan fingerprint density at radius 1 is 1.22 bits per heavy atom. The van der Waals surface area contributed by atoms with Crippen LogP contribution in [0, 0.1) is 11.8 Å². The van der Waals surface area contributed by atoms with Gasteiger partial charge >= 0.3 is 0 Å². The maximum absolute atomic E-state index is 11.9. The molecule has 4 atom stereocenters. The van der Waals surface area contributed by atoms with E-state index in [1.54, 1.807) is 0 Å². The molecule has 2 saturated carbocycles. The van der Waals surface area contributed by atoms with Crippen molar-refractivity contribution in [3.8, 4) is 0 Å². The van der Waals surface area contributed by atoms with Crippen LogP contribution in [0.4, 0.5) is 0 Å². The molecule has 4 heteroatoms. The van der Waals surface area contributed by atoms with Crippen LogP contribution in [0.3, 0.4) is 0 Å². The molecular formula is C14H25ClN2O. The summed E-state index contributed by atoms with van der Waals surface area (Å²) < 4.78 is 0. The number of carbonyl (C=O) groups is 1. The maximum atomic E-state index is 11.9. The molecule has 0 aromatic carbocycles. The predicted molar refractivity (Wildman–Crippen MR) is 74.9 cm³/mol. The second-order valence-corrected chi connectivity index (χ2v) is 6.18. The summed E-state index contributed by atoms with van der Waals surface area (Å²) in [6.07, 6.45) is 9.63. The van der Waals surface area contributed by atoms with Gasteiger partial charge in [0.15, 0.2) is 0 Å². The van der Waals surface area contributed by atoms with Crippen molar-refractivity contribution in [1.82, 2.24) is 10.6 Å². The summed E-state index contributed by atoms with van der Waals surface area (Å²) in [5, 5.41) is 6.72. The number of amides is 1. The van der Waals surface area contributed by atoms with Crippen molar-refractivity contribution in [2.75, 3.05) is 6.54 Å². The van der Waals surface area contributed by atoms with E-state index in [0.717, 1.165) is 24.8 Å². The Bertz CT molecular complexity index is 292. The third-order valence-corrected chi connectivity index (χ3v) is 4.97. The Hall–Kier alpha value is -0.280. The number of halogens is 1. The molecule has 4 unspecified atom stereocenters. The molecule has 0 radical (unpaired) electrons. The highest BCUT2D eigenvalue weighted by Crippen LogP contribution is 2.44. The third-order valence-electron chi connectivity index (χ3n) is 4.97. The third kappa shape index (κ3) is 3.18. The summed E-state index contributed by atoms with van der Waals surface area (Å²) in [6.45, 7) is 1.14. The van der Waals surface area contributed by atoms with Gasteiger partial charge in [-0.2, -0.15) is 0 Å². The lowest BCUT2D eigenvalue weighted by Crippen LogP contribution is -2.39. The van der Waals surface area contributed by atoms with Crippen molar-refractivity contribution in [3.05, 3.63) is 0 Å². The Morgan fingerprint density at radius 3 is 2.72 bits per heavy atom. The van der Waals surface area contributed by atoms with Crippen LogP contribution in [-0.2, 0) is 4.79 Å². The second kappa shape index (κ2) is 6.25. The first-order valence-electron chi connectivity index (χ1n) is 7.34. The van der Waals surface area contributed by atoms with Gasteiger partial charge in [0.05, 0.1) is 0 Å². The van der Waals surface area contributed by atoms with Crippen LogP contribution in [0.2, 0.25) is 0 Å². The normalized spacial score (nSPS) is 37.6. The minimum absolute atomic E-state index is 0. The highest BCUT2D eigenvalue weighted by atomic mass is 35.5. The minimum atomic E-state index is 0. The van der Waals surface area contributed by atoms with E-state index in [1.165, 1.54) is 38.5 Å². The quantitative estimate of drug-likeness (QED) is 0.824. The average molecular weight is 273 g/mol. The fourth-order valence-corrected chi connectivity index (χ4v) is 4.01. The molecule has 0 aromatic heterocycles. The Labute approximate surface area is 116 Å². The van der Waals surface area contributed by atoms with Gasteiger partial charge in [-0.1, -0.05) is 6.42 Å². The molecule has 0 aromatic rings. The first-order chi connectivity index (χ1) is 8.31. The molecule has 3 aliphatic rings. The Morgan fingerprint density at radius 2 is 2.11 bits per heavy atom. The van der Waals surface area contributed by atoms with Crippen molar-refractivity contribution in [2.24, 2.45) is 11.8 Å². The molecular weight excluding hydrogens is 248 g/mol. The van der Waals surface area contributed by atoms with Crippen LogP contribution >= 0.6 is 12.4 Å². The van der Waals surface area contributed by atoms with Crippen molar-refractivity contribution in [3.63, 3.8) is 0 Å². The molecule has 3 nitrogen and oxygen atoms in total. The highest BCUT2D eigenvalue weighted by molar-refractivity contribution is 5.85. The van der Waals surface area contributed by atoms with Gasteiger partial charge in [-0.3, -0.25) is 4.79 Å². The first-order valence-corrected chi connectivity index (χ1v) is 7.34. The van der Waals surface area contributed by atoms with Crippen molar-refractivity contribution in [2.45, 2.75) is 63.5 Å². The van der Waals surface area contributed by atoms with E-state index < -0.39 is 0 Å². The molecule has 1 saturated heterocycles. The number of rotatable bonds is 4. The molecule has 104 valence electrons. The number of hydrogen-bond acceptors (Lipinski definition) is 2. The van der Waals surface area contributed by atoms with Crippen LogP contribution in [0.25, 0.3) is 0 Å². The Kier molecular flexibility index (Phi) is 4.91. The highest BCUT2D eigenvalue weighted by Gasteiger charge is 2.39. The predicted octanol–water partition coefficient (Wildman–Crippen LogP) is 2.25. The number of hydrogen-bond donors (Lipinski definition) is 2. The van der Waals surface area contributed by atoms with Gasteiger partial charge in [-0.15, -0.1) is 12.4 Å². The van der Waals surface area contributed by atoms with E-state index in [4.69, 9.17) is 0 Å². The summed E-state index contributed by atoms with van der Waals surface area (Å²) in [7, 11) is 0. The van der Waals surface area contributed by atoms with Crippen molar-refractivity contribution in [1.29, 1.82) is 0 Å². The van der Waals surface area contributed by atoms with Gasteiger partial charge in [-0.05, 0) is 56.9 Å². The van der Waals surface area contributed by atoms with Gasteiger partial charge in [0.25, 0.3) is 0 Å². The molecule has 1 amide bonds. The number of carbonyl (C=O) groups excluding carboxylic acids is 1. The summed E-state index contributed by atoms with van der Waals surface area (Å²) in [4.78, 5) is 11.9. The maximum Gasteiger partial charge on any atom is 0.220 e. The van der Waals surface area contributed by atoms with Gasteiger partial charge in [0.2, 0.25) is 5.91 Å². The van der Waals surface area contributed by atoms with Crippen molar-refractivity contribution < 1.29 is 4.79 Å². The number of fused-ring (bicyclic) bond motifs is 2. The molecule has 3 fully saturated rings. The molecule has 18 heavy (non-hydrogen) atoms. The number of nitrogens with one attached hydrogen (secondary N) is 2. The lowest BCUT2D eigenvalue weighted by molar-refractivity contribution is -0.122. The zero-order valence-electron chi connectivity index (χ0n) is 11.0. The molecule has 1 heterocycles. The topological polar surface area (TPSA) is 41.1 Å². The van der Waals surface area contributed by atoms with E-state index in [0.29, 0.717) is 18.5 Å². The summed E-state index contributed by atoms with van der Waals surface area (Å²) in [5.41, 5.74) is 0. The molecule has 3 rings (SSSR count). The lowest BCUT2D eigenvalue weighted by atomic mass is 9.95. The average Bonchev–Trinajstić information content (AvgIpc) is 3.03. The zero-order chi connectivity index (χ0) is 11.7. The van der Waals surface area contributed by atoms with Crippen LogP contribution in [0.5, 0.6) is 0 Å². The molecule has 1 aliphatic heterocycles. The Balaban J connectivity index is 0.00000120. The van der Waals surface area contributed by atoms with E-state index in [9.17, 15) is 4.79 Å². The monoisotopic (exact) mass is 272 g/mol. The smallest absolute Gasteiger partial charge is 0.220 e. The lowest BCUT2D eigenvalue weighted by Gasteiger charge is -2.23. The van der Waals surface area contributed by atoms with E-state index >= 15 is 0 Å². The first kappa shape index (κ1) is 14.1. The summed E-state index contributed by atoms with van der Waals surface area (Å²) >= 11 is 0. The molecule has 2 bridgehead atoms. The van der Waals surface area contributed by atoms with Gasteiger partial charge in [0.1, 0.15) is 0 Å². The SMILES string of the molecule is Cl.O=C(CCC1CCCN1)NC1CC2CCC1C2. The van der Waals surface area contributed by atoms with Gasteiger partial charge in [-0.25, -0.2) is 0 Å². The van der Waals surface area contributed by atoms with Crippen LogP contribution in [0.1, 0.15) is 51.4 Å². The fraction of sp³-hybridized carbons (Fsp3) is 0.929. The fourth-order valence-electron chi connectivity index (χ4n) is 4.01. The van der Waals surface area contributed by atoms with Crippen LogP contribution < -0.4 is 10.6 Å². The van der Waals surface area contributed by atoms with E-state index in [2.05, 4.69) is 10.6 Å². The molecule has 2 N–H and O–H groups in total. The molecule has 0 spiro atoms. The largest absolute Gasteiger partial charge is 0.353 e. The zero-order valence-corrected chi connectivity index (χ0v) is 11.8. The summed E-state index contributed by atoms with van der Waals surface area (Å²) in [6, 6.07) is 1.11. The van der Waals surface area contributed by atoms with Crippen LogP contribution in [-0.4, -0.2) is 24.5 Å². The van der Waals surface area contributed by atoms with Gasteiger partial charge in [0, 0.05) is 18.5 Å². The second-order valence-electron chi connectivity index (χ2n) is 6.18. The minimum Gasteiger partial charge on any atom is -0.353 e. The van der Waals surface area contributed by atoms with Crippen molar-refractivity contribution >= 4 is 18.3 Å². The molecule has 2 aliphatic carbocycles. The van der Waals surface area contributed by atoms with Gasteiger partial charge < -0.3 is 10.6 Å². The summed E-state index contributed by atoms with van der Waals surface area (Å²) in [5.74, 6) is 2.01. The van der Waals surface area contributed by atoms with E-state index in [-0.39, 0.29) is 18.3 Å².